The lowest BCUT2D eigenvalue weighted by Gasteiger charge is -1.93. The average molecular weight is 189 g/mol. The molecule has 2 aromatic rings. The van der Waals surface area contributed by atoms with Crippen LogP contribution in [0.1, 0.15) is 19.0 Å². The highest BCUT2D eigenvalue weighted by molar-refractivity contribution is 5.76. The van der Waals surface area contributed by atoms with Crippen LogP contribution in [0.5, 0.6) is 0 Å². The molecule has 0 aliphatic rings. The predicted molar refractivity (Wildman–Crippen MR) is 52.0 cm³/mol. The van der Waals surface area contributed by atoms with Gasteiger partial charge in [-0.05, 0) is 19.1 Å². The summed E-state index contributed by atoms with van der Waals surface area (Å²) in [5.41, 5.74) is 1.87. The second-order valence-electron chi connectivity index (χ2n) is 3.27. The highest BCUT2D eigenvalue weighted by Crippen LogP contribution is 2.08. The molecule has 0 aliphatic heterocycles. The van der Waals surface area contributed by atoms with Gasteiger partial charge in [0.25, 0.3) is 0 Å². The van der Waals surface area contributed by atoms with E-state index in [1.54, 1.807) is 11.4 Å². The summed E-state index contributed by atoms with van der Waals surface area (Å²) in [6, 6.07) is 5.79. The van der Waals surface area contributed by atoms with Gasteiger partial charge in [-0.2, -0.15) is 0 Å². The van der Waals surface area contributed by atoms with E-state index in [1.165, 1.54) is 0 Å². The molecule has 0 atom stereocenters. The molecule has 2 heterocycles. The van der Waals surface area contributed by atoms with Crippen LogP contribution in [0.2, 0.25) is 0 Å². The van der Waals surface area contributed by atoms with Crippen LogP contribution in [0.15, 0.2) is 24.4 Å². The minimum Gasteiger partial charge on any atom is -0.300 e. The average Bonchev–Trinajstić information content (AvgIpc) is 2.58. The molecule has 0 N–H and O–H groups in total. The molecule has 4 nitrogen and oxygen atoms in total. The van der Waals surface area contributed by atoms with Crippen molar-refractivity contribution in [2.75, 3.05) is 0 Å². The van der Waals surface area contributed by atoms with E-state index in [-0.39, 0.29) is 5.78 Å². The van der Waals surface area contributed by atoms with Crippen LogP contribution in [0.25, 0.3) is 5.52 Å². The molecule has 2 aromatic heterocycles. The van der Waals surface area contributed by atoms with Crippen molar-refractivity contribution >= 4 is 11.3 Å². The molecule has 0 fully saturated rings. The molecule has 0 spiro atoms. The first kappa shape index (κ1) is 8.87. The number of nitrogens with zero attached hydrogens (tertiary/aromatic N) is 3. The number of fused-ring (bicyclic) bond motifs is 1. The molecule has 0 amide bonds. The minimum absolute atomic E-state index is 0.182. The third-order valence-corrected chi connectivity index (χ3v) is 2.11. The molecule has 14 heavy (non-hydrogen) atoms. The summed E-state index contributed by atoms with van der Waals surface area (Å²) in [6.45, 7) is 1.59. The Labute approximate surface area is 81.5 Å². The summed E-state index contributed by atoms with van der Waals surface area (Å²) in [4.78, 5) is 10.8. The number of Topliss-reactive ketones (excluding diaryl/α,β-unsaturated/α-hetero) is 1. The van der Waals surface area contributed by atoms with Gasteiger partial charge in [0.1, 0.15) is 5.78 Å². The Morgan fingerprint density at radius 1 is 1.50 bits per heavy atom. The van der Waals surface area contributed by atoms with Crippen molar-refractivity contribution in [1.82, 2.24) is 14.8 Å². The van der Waals surface area contributed by atoms with Crippen molar-refractivity contribution in [2.45, 2.75) is 19.8 Å². The van der Waals surface area contributed by atoms with Gasteiger partial charge in [-0.15, -0.1) is 5.10 Å². The van der Waals surface area contributed by atoms with Gasteiger partial charge >= 0.3 is 0 Å². The van der Waals surface area contributed by atoms with Crippen LogP contribution in [0.3, 0.4) is 0 Å². The molecular formula is C10H11N3O. The van der Waals surface area contributed by atoms with Gasteiger partial charge in [0.05, 0.1) is 11.2 Å². The van der Waals surface area contributed by atoms with E-state index in [0.29, 0.717) is 12.8 Å². The molecule has 0 saturated carbocycles. The molecule has 4 heteroatoms. The van der Waals surface area contributed by atoms with Crippen molar-refractivity contribution in [3.63, 3.8) is 0 Å². The number of hydrogen-bond donors (Lipinski definition) is 0. The predicted octanol–water partition coefficient (Wildman–Crippen LogP) is 1.25. The van der Waals surface area contributed by atoms with Gasteiger partial charge in [0.2, 0.25) is 0 Å². The maximum absolute atomic E-state index is 10.8. The van der Waals surface area contributed by atoms with Crippen LogP contribution >= 0.6 is 0 Å². The Kier molecular flexibility index (Phi) is 2.26. The Bertz CT molecular complexity index is 461. The summed E-state index contributed by atoms with van der Waals surface area (Å²) < 4.78 is 1.72. The second-order valence-corrected chi connectivity index (χ2v) is 3.27. The summed E-state index contributed by atoms with van der Waals surface area (Å²) >= 11 is 0. The third kappa shape index (κ3) is 1.64. The molecular weight excluding hydrogens is 178 g/mol. The number of pyridine rings is 1. The number of hydrogen-bond acceptors (Lipinski definition) is 3. The normalized spacial score (nSPS) is 10.6. The van der Waals surface area contributed by atoms with Gasteiger partial charge < -0.3 is 4.79 Å². The van der Waals surface area contributed by atoms with Crippen molar-refractivity contribution in [3.8, 4) is 0 Å². The SMILES string of the molecule is CC(=O)CCc1nnn2ccccc12. The second kappa shape index (κ2) is 3.57. The van der Waals surface area contributed by atoms with Crippen LogP contribution in [0.4, 0.5) is 0 Å². The van der Waals surface area contributed by atoms with Gasteiger partial charge in [0.15, 0.2) is 0 Å². The summed E-state index contributed by atoms with van der Waals surface area (Å²) in [7, 11) is 0. The number of carbonyl (C=O) groups is 1. The molecule has 0 radical (unpaired) electrons. The first-order valence-corrected chi connectivity index (χ1v) is 4.56. The highest BCUT2D eigenvalue weighted by atomic mass is 16.1. The Hall–Kier alpha value is -1.71. The van der Waals surface area contributed by atoms with Crippen molar-refractivity contribution in [2.24, 2.45) is 0 Å². The molecule has 72 valence electrons. The molecule has 0 saturated heterocycles. The molecule has 0 aliphatic carbocycles. The van der Waals surface area contributed by atoms with Gasteiger partial charge in [-0.25, -0.2) is 4.52 Å². The fourth-order valence-electron chi connectivity index (χ4n) is 1.37. The van der Waals surface area contributed by atoms with Crippen LogP contribution < -0.4 is 0 Å². The van der Waals surface area contributed by atoms with Crippen LogP contribution in [-0.2, 0) is 11.2 Å². The van der Waals surface area contributed by atoms with E-state index in [1.807, 2.05) is 24.4 Å². The Morgan fingerprint density at radius 3 is 3.14 bits per heavy atom. The maximum Gasteiger partial charge on any atom is 0.130 e. The van der Waals surface area contributed by atoms with E-state index in [4.69, 9.17) is 0 Å². The fourth-order valence-corrected chi connectivity index (χ4v) is 1.37. The first-order valence-electron chi connectivity index (χ1n) is 4.56. The summed E-state index contributed by atoms with van der Waals surface area (Å²) in [6.07, 6.45) is 3.05. The van der Waals surface area contributed by atoms with Crippen molar-refractivity contribution in [3.05, 3.63) is 30.1 Å². The van der Waals surface area contributed by atoms with Gasteiger partial charge in [0, 0.05) is 19.0 Å². The lowest BCUT2D eigenvalue weighted by molar-refractivity contribution is -0.116. The zero-order valence-corrected chi connectivity index (χ0v) is 7.97. The van der Waals surface area contributed by atoms with Crippen molar-refractivity contribution < 1.29 is 4.79 Å². The summed E-state index contributed by atoms with van der Waals surface area (Å²) in [5.74, 6) is 0.182. The number of aromatic nitrogens is 3. The first-order chi connectivity index (χ1) is 6.77. The van der Waals surface area contributed by atoms with Crippen LogP contribution in [0, 0.1) is 0 Å². The van der Waals surface area contributed by atoms with Crippen LogP contribution in [-0.4, -0.2) is 20.6 Å². The third-order valence-electron chi connectivity index (χ3n) is 2.11. The zero-order valence-electron chi connectivity index (χ0n) is 7.97. The number of ketones is 1. The molecule has 0 bridgehead atoms. The Balaban J connectivity index is 2.29. The molecule has 0 aromatic carbocycles. The topological polar surface area (TPSA) is 47.3 Å². The monoisotopic (exact) mass is 189 g/mol. The van der Waals surface area contributed by atoms with E-state index < -0.39 is 0 Å². The van der Waals surface area contributed by atoms with Gasteiger partial charge in [-0.3, -0.25) is 0 Å². The van der Waals surface area contributed by atoms with E-state index in [0.717, 1.165) is 11.2 Å². The minimum atomic E-state index is 0.182. The van der Waals surface area contributed by atoms with E-state index >= 15 is 0 Å². The van der Waals surface area contributed by atoms with E-state index in [2.05, 4.69) is 10.3 Å². The number of rotatable bonds is 3. The smallest absolute Gasteiger partial charge is 0.130 e. The number of aryl methyl sites for hydroxylation is 1. The molecule has 0 unspecified atom stereocenters. The quantitative estimate of drug-likeness (QED) is 0.730. The summed E-state index contributed by atoms with van der Waals surface area (Å²) in [5, 5.41) is 7.98. The Morgan fingerprint density at radius 2 is 2.36 bits per heavy atom. The number of carbonyl (C=O) groups excluding carboxylic acids is 1. The molecule has 2 rings (SSSR count). The highest BCUT2D eigenvalue weighted by Gasteiger charge is 2.05. The largest absolute Gasteiger partial charge is 0.300 e. The van der Waals surface area contributed by atoms with Gasteiger partial charge in [-0.1, -0.05) is 11.3 Å². The van der Waals surface area contributed by atoms with E-state index in [9.17, 15) is 4.79 Å². The lowest BCUT2D eigenvalue weighted by atomic mass is 10.2. The zero-order chi connectivity index (χ0) is 9.97. The lowest BCUT2D eigenvalue weighted by Crippen LogP contribution is -1.94. The maximum atomic E-state index is 10.8. The van der Waals surface area contributed by atoms with Crippen molar-refractivity contribution in [1.29, 1.82) is 0 Å². The fraction of sp³-hybridized carbons (Fsp3) is 0.300. The standard InChI is InChI=1S/C10H11N3O/c1-8(14)5-6-9-10-4-2-3-7-13(10)12-11-9/h2-4,7H,5-6H2,1H3.